The van der Waals surface area contributed by atoms with Gasteiger partial charge in [0.15, 0.2) is 5.65 Å². The summed E-state index contributed by atoms with van der Waals surface area (Å²) in [5, 5.41) is 22.0. The Labute approximate surface area is 219 Å². The Balaban J connectivity index is 0.000000505. The summed E-state index contributed by atoms with van der Waals surface area (Å²) in [4.78, 5) is 31.3. The third-order valence-corrected chi connectivity index (χ3v) is 6.31. The van der Waals surface area contributed by atoms with Crippen LogP contribution in [0.5, 0.6) is 5.75 Å². The number of carbonyl (C=O) groups is 2. The number of halogens is 4. The highest BCUT2D eigenvalue weighted by molar-refractivity contribution is 6.31. The van der Waals surface area contributed by atoms with Crippen molar-refractivity contribution in [2.75, 3.05) is 18.9 Å². The van der Waals surface area contributed by atoms with E-state index in [0.717, 1.165) is 22.4 Å². The molecule has 3 N–H and O–H groups in total. The molecule has 3 heterocycles. The predicted octanol–water partition coefficient (Wildman–Crippen LogP) is 3.56. The number of anilines is 1. The van der Waals surface area contributed by atoms with Gasteiger partial charge in [-0.05, 0) is 32.4 Å². The number of nitrogens with two attached hydrogens (primary N) is 1. The van der Waals surface area contributed by atoms with E-state index in [1.54, 1.807) is 9.58 Å². The average Bonchev–Trinajstić information content (AvgIpc) is 3.03. The summed E-state index contributed by atoms with van der Waals surface area (Å²) in [6.45, 7) is 6.79. The Kier molecular flexibility index (Phi) is 8.31. The molecule has 1 amide bonds. The van der Waals surface area contributed by atoms with Gasteiger partial charge in [-0.15, -0.1) is 0 Å². The van der Waals surface area contributed by atoms with Crippen molar-refractivity contribution in [3.05, 3.63) is 39.8 Å². The highest BCUT2D eigenvalue weighted by Gasteiger charge is 2.38. The van der Waals surface area contributed by atoms with Crippen LogP contribution in [0.1, 0.15) is 41.8 Å². The summed E-state index contributed by atoms with van der Waals surface area (Å²) in [5.41, 5.74) is 9.92. The van der Waals surface area contributed by atoms with Crippen LogP contribution in [0.25, 0.3) is 11.0 Å². The van der Waals surface area contributed by atoms with Gasteiger partial charge in [-0.3, -0.25) is 4.79 Å². The fourth-order valence-corrected chi connectivity index (χ4v) is 4.19. The van der Waals surface area contributed by atoms with E-state index < -0.39 is 12.1 Å². The average molecular weight is 554 g/mol. The number of hydrogen-bond acceptors (Lipinski definition) is 8. The third-order valence-electron chi connectivity index (χ3n) is 5.92. The number of aryl methyl sites for hydroxylation is 1. The van der Waals surface area contributed by atoms with Crippen LogP contribution in [0.15, 0.2) is 12.4 Å². The van der Waals surface area contributed by atoms with Gasteiger partial charge in [0, 0.05) is 22.7 Å². The molecule has 0 saturated heterocycles. The molecule has 11 nitrogen and oxygen atoms in total. The maximum atomic E-state index is 12.4. The number of carboxylic acids is 1. The minimum absolute atomic E-state index is 0.169. The molecule has 38 heavy (non-hydrogen) atoms. The molecule has 0 bridgehead atoms. The lowest BCUT2D eigenvalue weighted by molar-refractivity contribution is -0.192. The molecular weight excluding hydrogens is 531 g/mol. The lowest BCUT2D eigenvalue weighted by atomic mass is 9.98. The Morgan fingerprint density at radius 2 is 2.00 bits per heavy atom. The van der Waals surface area contributed by atoms with E-state index in [2.05, 4.69) is 15.1 Å². The predicted molar refractivity (Wildman–Crippen MR) is 129 cm³/mol. The normalized spacial score (nSPS) is 13.9. The number of hydrogen-bond donors (Lipinski definition) is 2. The zero-order valence-electron chi connectivity index (χ0n) is 20.5. The van der Waals surface area contributed by atoms with Crippen molar-refractivity contribution < 1.29 is 32.6 Å². The number of fused-ring (bicyclic) bond motifs is 2. The van der Waals surface area contributed by atoms with E-state index in [1.165, 1.54) is 6.33 Å². The molecule has 0 spiro atoms. The molecule has 1 aliphatic heterocycles. The van der Waals surface area contributed by atoms with Crippen LogP contribution in [-0.4, -0.2) is 61.0 Å². The minimum atomic E-state index is -5.08. The summed E-state index contributed by atoms with van der Waals surface area (Å²) in [5.74, 6) is -1.92. The Hall–Kier alpha value is -4.12. The second-order valence-corrected chi connectivity index (χ2v) is 8.75. The van der Waals surface area contributed by atoms with E-state index in [4.69, 9.17) is 37.2 Å². The Bertz CT molecular complexity index is 1440. The van der Waals surface area contributed by atoms with Gasteiger partial charge < -0.3 is 20.5 Å². The number of nitrogens with zero attached hydrogens (tertiary/aromatic N) is 6. The zero-order valence-corrected chi connectivity index (χ0v) is 21.3. The van der Waals surface area contributed by atoms with Gasteiger partial charge in [0.2, 0.25) is 5.91 Å². The fraction of sp³-hybridized carbons (Fsp3) is 0.391. The van der Waals surface area contributed by atoms with Crippen LogP contribution in [0, 0.1) is 25.2 Å². The second kappa shape index (κ2) is 11.1. The molecule has 0 fully saturated rings. The number of carboxylic acid groups (broad SMARTS) is 1. The van der Waals surface area contributed by atoms with E-state index in [-0.39, 0.29) is 18.4 Å². The largest absolute Gasteiger partial charge is 0.491 e. The number of aliphatic carboxylic acids is 1. The number of rotatable bonds is 3. The number of amides is 1. The maximum Gasteiger partial charge on any atom is 0.490 e. The molecule has 202 valence electrons. The van der Waals surface area contributed by atoms with E-state index in [0.29, 0.717) is 47.3 Å². The number of carbonyl (C=O) groups excluding carboxylic acids is 1. The number of benzene rings is 1. The molecule has 3 aromatic rings. The van der Waals surface area contributed by atoms with Crippen molar-refractivity contribution in [2.45, 2.75) is 46.0 Å². The number of aromatic nitrogens is 4. The molecule has 0 saturated carbocycles. The highest BCUT2D eigenvalue weighted by Crippen LogP contribution is 2.40. The van der Waals surface area contributed by atoms with Crippen LogP contribution in [-0.2, 0) is 16.1 Å². The number of nitrogen functional groups attached to an aromatic ring is 1. The van der Waals surface area contributed by atoms with Gasteiger partial charge in [-0.25, -0.2) is 19.4 Å². The first-order valence-corrected chi connectivity index (χ1v) is 11.5. The van der Waals surface area contributed by atoms with Crippen molar-refractivity contribution >= 4 is 40.3 Å². The van der Waals surface area contributed by atoms with Gasteiger partial charge in [0.05, 0.1) is 29.7 Å². The molecule has 0 radical (unpaired) electrons. The molecule has 0 aliphatic carbocycles. The molecule has 15 heteroatoms. The van der Waals surface area contributed by atoms with Gasteiger partial charge in [0.1, 0.15) is 30.9 Å². The Morgan fingerprint density at radius 1 is 1.34 bits per heavy atom. The van der Waals surface area contributed by atoms with E-state index >= 15 is 0 Å². The second-order valence-electron chi connectivity index (χ2n) is 8.35. The molecule has 1 aromatic carbocycles. The summed E-state index contributed by atoms with van der Waals surface area (Å²) in [6.07, 6.45) is -3.84. The first-order valence-electron chi connectivity index (χ1n) is 11.1. The maximum absolute atomic E-state index is 12.4. The van der Waals surface area contributed by atoms with E-state index in [1.807, 2.05) is 32.9 Å². The number of ether oxygens (including phenoxy) is 1. The van der Waals surface area contributed by atoms with Crippen molar-refractivity contribution in [1.82, 2.24) is 24.6 Å². The molecule has 1 atom stereocenters. The molecular formula is C23H23ClF3N7O4. The topological polar surface area (TPSA) is 160 Å². The van der Waals surface area contributed by atoms with Crippen LogP contribution in [0.4, 0.5) is 19.0 Å². The molecule has 4 rings (SSSR count). The molecule has 2 aromatic heterocycles. The van der Waals surface area contributed by atoms with E-state index in [9.17, 15) is 18.0 Å². The number of alkyl halides is 3. The molecule has 1 unspecified atom stereocenters. The Morgan fingerprint density at radius 3 is 2.61 bits per heavy atom. The number of nitriles is 1. The van der Waals surface area contributed by atoms with Crippen LogP contribution in [0.3, 0.4) is 0 Å². The third kappa shape index (κ3) is 5.72. The fourth-order valence-electron chi connectivity index (χ4n) is 3.96. The highest BCUT2D eigenvalue weighted by atomic mass is 35.5. The quantitative estimate of drug-likeness (QED) is 0.494. The molecule has 1 aliphatic rings. The van der Waals surface area contributed by atoms with Crippen LogP contribution < -0.4 is 10.5 Å². The minimum Gasteiger partial charge on any atom is -0.491 e. The SMILES string of the molecule is Cc1c(Cl)cc(C(C)n2nc(C)c3c(N)ncnc32)c2c1CN(C(=O)CC#N)CCO2.O=C(O)C(F)(F)F. The summed E-state index contributed by atoms with van der Waals surface area (Å²) < 4.78 is 39.6. The van der Waals surface area contributed by atoms with Gasteiger partial charge >= 0.3 is 12.1 Å². The standard InChI is InChI=1S/C21H22ClN7O2.C2HF3O2/c1-11-15-9-28(17(30)4-5-23)6-7-31-19(15)14(8-16(11)22)13(3)29-21-18(12(2)27-29)20(24)25-10-26-21;3-2(4,5)1(6)7/h8,10,13H,4,6-7,9H2,1-3H3,(H2,24,25,26);(H,6,7). The van der Waals surface area contributed by atoms with Gasteiger partial charge in [-0.2, -0.15) is 23.5 Å². The van der Waals surface area contributed by atoms with Crippen LogP contribution >= 0.6 is 11.6 Å². The first-order chi connectivity index (χ1) is 17.8. The first kappa shape index (κ1) is 28.5. The smallest absolute Gasteiger partial charge is 0.490 e. The van der Waals surface area contributed by atoms with Crippen molar-refractivity contribution in [1.29, 1.82) is 5.26 Å². The summed E-state index contributed by atoms with van der Waals surface area (Å²) in [6, 6.07) is 3.53. The monoisotopic (exact) mass is 553 g/mol. The van der Waals surface area contributed by atoms with Crippen molar-refractivity contribution in [3.63, 3.8) is 0 Å². The van der Waals surface area contributed by atoms with Crippen LogP contribution in [0.2, 0.25) is 5.02 Å². The lowest BCUT2D eigenvalue weighted by Gasteiger charge is -2.22. The van der Waals surface area contributed by atoms with Gasteiger partial charge in [-0.1, -0.05) is 11.6 Å². The summed E-state index contributed by atoms with van der Waals surface area (Å²) >= 11 is 6.59. The summed E-state index contributed by atoms with van der Waals surface area (Å²) in [7, 11) is 0. The van der Waals surface area contributed by atoms with Crippen molar-refractivity contribution in [3.8, 4) is 11.8 Å². The lowest BCUT2D eigenvalue weighted by Crippen LogP contribution is -2.32. The van der Waals surface area contributed by atoms with Crippen molar-refractivity contribution in [2.24, 2.45) is 0 Å². The zero-order chi connectivity index (χ0) is 28.4. The van der Waals surface area contributed by atoms with Gasteiger partial charge in [0.25, 0.3) is 0 Å².